The first-order valence-corrected chi connectivity index (χ1v) is 14.1. The Balaban J connectivity index is 1.90. The maximum absolute atomic E-state index is 14.0. The monoisotopic (exact) mass is 559 g/mol. The first-order valence-electron chi connectivity index (χ1n) is 14.1. The maximum Gasteiger partial charge on any atom is 0.291 e. The van der Waals surface area contributed by atoms with Crippen molar-refractivity contribution in [2.24, 2.45) is 28.6 Å². The van der Waals surface area contributed by atoms with E-state index in [0.717, 1.165) is 4.90 Å². The van der Waals surface area contributed by atoms with Gasteiger partial charge in [0, 0.05) is 38.7 Å². The number of rotatable bonds is 10. The molecule has 40 heavy (non-hydrogen) atoms. The number of nitrogens with zero attached hydrogens (tertiary/aromatic N) is 2. The van der Waals surface area contributed by atoms with Crippen molar-refractivity contribution in [3.05, 3.63) is 12.2 Å². The molecule has 1 saturated carbocycles. The second-order valence-electron chi connectivity index (χ2n) is 13.3. The Kier molecular flexibility index (Phi) is 8.86. The van der Waals surface area contributed by atoms with Crippen molar-refractivity contribution in [3.63, 3.8) is 0 Å². The van der Waals surface area contributed by atoms with Gasteiger partial charge in [-0.2, -0.15) is 0 Å². The number of likely N-dealkylation sites (tertiary alicyclic amines) is 1. The Bertz CT molecular complexity index is 1110. The number of hydrogen-bond acceptors (Lipinski definition) is 6. The molecule has 3 fully saturated rings. The van der Waals surface area contributed by atoms with Gasteiger partial charge < -0.3 is 25.8 Å². The molecule has 2 saturated heterocycles. The van der Waals surface area contributed by atoms with Crippen molar-refractivity contribution in [2.75, 3.05) is 27.2 Å². The van der Waals surface area contributed by atoms with E-state index >= 15 is 0 Å². The minimum Gasteiger partial charge on any atom is -0.356 e. The molecule has 3 aliphatic rings. The van der Waals surface area contributed by atoms with Gasteiger partial charge in [-0.1, -0.05) is 48.1 Å². The van der Waals surface area contributed by atoms with Crippen LogP contribution in [0, 0.1) is 28.6 Å². The average molecular weight is 560 g/mol. The summed E-state index contributed by atoms with van der Waals surface area (Å²) in [6, 6.07) is -3.00. The summed E-state index contributed by atoms with van der Waals surface area (Å²) in [5.41, 5.74) is -0.499. The fourth-order valence-electron chi connectivity index (χ4n) is 6.03. The smallest absolute Gasteiger partial charge is 0.291 e. The summed E-state index contributed by atoms with van der Waals surface area (Å²) in [4.78, 5) is 81.3. The number of amides is 5. The molecule has 2 aliphatic heterocycles. The van der Waals surface area contributed by atoms with Crippen LogP contribution in [0.4, 0.5) is 0 Å². The van der Waals surface area contributed by atoms with E-state index in [4.69, 9.17) is 0 Å². The van der Waals surface area contributed by atoms with E-state index in [9.17, 15) is 28.8 Å². The zero-order chi connectivity index (χ0) is 30.3. The first-order chi connectivity index (χ1) is 18.4. The highest BCUT2D eigenvalue weighted by Crippen LogP contribution is 2.65. The van der Waals surface area contributed by atoms with Crippen LogP contribution in [0.5, 0.6) is 0 Å². The van der Waals surface area contributed by atoms with Crippen molar-refractivity contribution in [3.8, 4) is 0 Å². The highest BCUT2D eigenvalue weighted by Gasteiger charge is 2.70. The molecule has 6 atom stereocenters. The predicted molar refractivity (Wildman–Crippen MR) is 148 cm³/mol. The lowest BCUT2D eigenvalue weighted by molar-refractivity contribution is -0.147. The number of hydrogen-bond donors (Lipinski definition) is 3. The number of Topliss-reactive ketones (excluding diaryl/α,β-unsaturated/α-hetero) is 1. The van der Waals surface area contributed by atoms with Gasteiger partial charge in [0.15, 0.2) is 0 Å². The van der Waals surface area contributed by atoms with E-state index in [1.54, 1.807) is 6.92 Å². The molecule has 0 spiro atoms. The van der Waals surface area contributed by atoms with Crippen LogP contribution >= 0.6 is 0 Å². The van der Waals surface area contributed by atoms with Crippen LogP contribution in [-0.2, 0) is 28.8 Å². The maximum atomic E-state index is 14.0. The van der Waals surface area contributed by atoms with E-state index in [1.165, 1.54) is 19.0 Å². The van der Waals surface area contributed by atoms with Crippen molar-refractivity contribution in [2.45, 2.75) is 78.9 Å². The van der Waals surface area contributed by atoms with E-state index in [-0.39, 0.29) is 35.5 Å². The van der Waals surface area contributed by atoms with Crippen LogP contribution in [0.3, 0.4) is 0 Å². The first kappa shape index (κ1) is 31.3. The number of ketones is 1. The van der Waals surface area contributed by atoms with Crippen molar-refractivity contribution in [1.82, 2.24) is 25.8 Å². The Morgan fingerprint density at radius 3 is 2.27 bits per heavy atom. The van der Waals surface area contributed by atoms with Crippen LogP contribution < -0.4 is 16.0 Å². The molecular formula is C29H45N5O6. The molecule has 0 aromatic heterocycles. The molecule has 0 aromatic rings. The summed E-state index contributed by atoms with van der Waals surface area (Å²) in [6.07, 6.45) is 0.925. The zero-order valence-corrected chi connectivity index (χ0v) is 25.1. The number of carbonyl (C=O) groups excluding carboxylic acids is 6. The van der Waals surface area contributed by atoms with Crippen molar-refractivity contribution >= 4 is 35.3 Å². The molecule has 3 N–H and O–H groups in total. The SMILES string of the molecule is C=C(CC)C(=O)NC(C(=O)N1CC2C([C@H]1C(=O)N[C@@H](C[C@@H]1CCNC1=O)C(=O)C(=O)N(C)C)C2(C)C)C(C)(C)C. The quantitative estimate of drug-likeness (QED) is 0.265. The third kappa shape index (κ3) is 6.07. The van der Waals surface area contributed by atoms with E-state index in [2.05, 4.69) is 22.5 Å². The molecule has 5 amide bonds. The summed E-state index contributed by atoms with van der Waals surface area (Å²) in [6.45, 7) is 16.0. The standard InChI is InChI=1S/C29H45N5O6/c1-10-15(2)23(36)32-22(28(3,4)5)27(40)34-14-17-19(29(17,6)7)20(34)25(38)31-18(21(35)26(39)33(8)9)13-16-11-12-30-24(16)37/h16-20,22H,2,10-14H2,1,3-9H3,(H,30,37)(H,31,38)(H,32,36)/t16-,17?,18-,19?,20-,22?/m0/s1. The van der Waals surface area contributed by atoms with Gasteiger partial charge in [-0.05, 0) is 41.9 Å². The number of fused-ring (bicyclic) bond motifs is 1. The highest BCUT2D eigenvalue weighted by atomic mass is 16.2. The predicted octanol–water partition coefficient (Wildman–Crippen LogP) is 0.635. The van der Waals surface area contributed by atoms with E-state index < -0.39 is 53.0 Å². The summed E-state index contributed by atoms with van der Waals surface area (Å²) >= 11 is 0. The molecule has 11 heteroatoms. The second-order valence-corrected chi connectivity index (χ2v) is 13.3. The number of piperidine rings is 1. The van der Waals surface area contributed by atoms with Gasteiger partial charge in [-0.15, -0.1) is 0 Å². The van der Waals surface area contributed by atoms with E-state index in [1.807, 2.05) is 34.6 Å². The van der Waals surface area contributed by atoms with Crippen molar-refractivity contribution < 1.29 is 28.8 Å². The lowest BCUT2D eigenvalue weighted by Crippen LogP contribution is -2.60. The van der Waals surface area contributed by atoms with Crippen LogP contribution in [-0.4, -0.2) is 90.4 Å². The molecule has 0 aromatic carbocycles. The van der Waals surface area contributed by atoms with Crippen molar-refractivity contribution in [1.29, 1.82) is 0 Å². The van der Waals surface area contributed by atoms with Crippen LogP contribution in [0.25, 0.3) is 0 Å². The Morgan fingerprint density at radius 2 is 1.77 bits per heavy atom. The van der Waals surface area contributed by atoms with Crippen LogP contribution in [0.1, 0.15) is 60.8 Å². The number of carbonyl (C=O) groups is 6. The number of nitrogens with one attached hydrogen (secondary N) is 3. The normalized spacial score (nSPS) is 26.2. The molecule has 222 valence electrons. The highest BCUT2D eigenvalue weighted by molar-refractivity contribution is 6.38. The molecule has 3 unspecified atom stereocenters. The fraction of sp³-hybridized carbons (Fsp3) is 0.724. The molecule has 3 rings (SSSR count). The number of likely N-dealkylation sites (N-methyl/N-ethyl adjacent to an activating group) is 1. The Morgan fingerprint density at radius 1 is 1.15 bits per heavy atom. The summed E-state index contributed by atoms with van der Waals surface area (Å²) < 4.78 is 0. The van der Waals surface area contributed by atoms with Crippen LogP contribution in [0.2, 0.25) is 0 Å². The molecule has 0 radical (unpaired) electrons. The molecule has 0 bridgehead atoms. The Labute approximate surface area is 236 Å². The minimum atomic E-state index is -1.21. The summed E-state index contributed by atoms with van der Waals surface area (Å²) in [7, 11) is 2.90. The van der Waals surface area contributed by atoms with Gasteiger partial charge in [-0.25, -0.2) is 0 Å². The molecule has 2 heterocycles. The second kappa shape index (κ2) is 11.3. The molecule has 1 aliphatic carbocycles. The van der Waals surface area contributed by atoms with Gasteiger partial charge in [0.1, 0.15) is 12.1 Å². The third-order valence-corrected chi connectivity index (χ3v) is 8.83. The molecular weight excluding hydrogens is 514 g/mol. The van der Waals surface area contributed by atoms with Gasteiger partial charge in [0.05, 0.1) is 6.04 Å². The molecule has 11 nitrogen and oxygen atoms in total. The fourth-order valence-corrected chi connectivity index (χ4v) is 6.03. The summed E-state index contributed by atoms with van der Waals surface area (Å²) in [5.74, 6) is -3.71. The average Bonchev–Trinajstić information content (AvgIpc) is 3.21. The lowest BCUT2D eigenvalue weighted by Gasteiger charge is -2.38. The Hall–Kier alpha value is -3.24. The lowest BCUT2D eigenvalue weighted by atomic mass is 9.85. The zero-order valence-electron chi connectivity index (χ0n) is 25.1. The minimum absolute atomic E-state index is 0.00601. The third-order valence-electron chi connectivity index (χ3n) is 8.83. The topological polar surface area (TPSA) is 145 Å². The van der Waals surface area contributed by atoms with Gasteiger partial charge >= 0.3 is 0 Å². The van der Waals surface area contributed by atoms with Crippen LogP contribution in [0.15, 0.2) is 12.2 Å². The van der Waals surface area contributed by atoms with Gasteiger partial charge in [0.2, 0.25) is 29.4 Å². The largest absolute Gasteiger partial charge is 0.356 e. The van der Waals surface area contributed by atoms with Gasteiger partial charge in [0.25, 0.3) is 5.91 Å². The van der Waals surface area contributed by atoms with E-state index in [0.29, 0.717) is 31.5 Å². The summed E-state index contributed by atoms with van der Waals surface area (Å²) in [5, 5.41) is 8.30. The van der Waals surface area contributed by atoms with Gasteiger partial charge in [-0.3, -0.25) is 28.8 Å².